The molecule has 0 bridgehead atoms. The van der Waals surface area contributed by atoms with Crippen LogP contribution in [0.25, 0.3) is 0 Å². The van der Waals surface area contributed by atoms with Gasteiger partial charge in [0.15, 0.2) is 52.2 Å². The number of ketones is 8. The molecule has 31 heteroatoms. The zero-order chi connectivity index (χ0) is 92.4. The molecule has 0 amide bonds. The zero-order valence-corrected chi connectivity index (χ0v) is 76.2. The smallest absolute Gasteiger partial charge is 0.186 e. The third-order valence-electron chi connectivity index (χ3n) is 23.1. The number of carbonyl (C=O) groups is 8. The molecule has 31 nitrogen and oxygen atoms in total. The van der Waals surface area contributed by atoms with E-state index in [1.54, 1.807) is 76.2 Å². The summed E-state index contributed by atoms with van der Waals surface area (Å²) in [5.74, 6) is 1.05. The van der Waals surface area contributed by atoms with Crippen molar-refractivity contribution in [1.29, 1.82) is 10.8 Å². The minimum Gasteiger partial charge on any atom is -0.388 e. The Morgan fingerprint density at radius 3 is 1.04 bits per heavy atom. The van der Waals surface area contributed by atoms with Gasteiger partial charge in [-0.2, -0.15) is 0 Å². The number of rotatable bonds is 27. The second kappa shape index (κ2) is 48.8. The fraction of sp³-hybridized carbons (Fsp3) is 0.809. The highest BCUT2D eigenvalue weighted by atomic mass is 16.3. The van der Waals surface area contributed by atoms with Gasteiger partial charge in [-0.1, -0.05) is 131 Å². The summed E-state index contributed by atoms with van der Waals surface area (Å²) in [7, 11) is 0. The maximum atomic E-state index is 12.1. The number of aliphatic hydroxyl groups is 8. The fourth-order valence-electron chi connectivity index (χ4n) is 16.9. The molecule has 0 saturated heterocycles. The molecule has 12 unspecified atom stereocenters. The van der Waals surface area contributed by atoms with Crippen LogP contribution in [0.4, 0.5) is 0 Å². The van der Waals surface area contributed by atoms with Crippen molar-refractivity contribution >= 4 is 87.0 Å². The Morgan fingerprint density at radius 1 is 0.342 bits per heavy atom. The number of aliphatic imine (C=N–C) groups is 5. The van der Waals surface area contributed by atoms with Crippen molar-refractivity contribution in [2.45, 2.75) is 401 Å². The molecule has 0 radical (unpaired) electrons. The molecular formula is C89H163N15O16. The Bertz CT molecular complexity index is 3570. The van der Waals surface area contributed by atoms with Crippen molar-refractivity contribution in [2.75, 3.05) is 0 Å². The van der Waals surface area contributed by atoms with E-state index in [1.165, 1.54) is 0 Å². The van der Waals surface area contributed by atoms with E-state index in [-0.39, 0.29) is 137 Å². The van der Waals surface area contributed by atoms with Crippen LogP contribution in [0.5, 0.6) is 0 Å². The van der Waals surface area contributed by atoms with Gasteiger partial charge in [0, 0.05) is 84.1 Å². The molecule has 0 aliphatic heterocycles. The molecule has 120 heavy (non-hydrogen) atoms. The maximum Gasteiger partial charge on any atom is 0.186 e. The molecule has 0 aromatic carbocycles. The number of Topliss-reactive ketones (excluding diaryl/α,β-unsaturated/α-hetero) is 8. The summed E-state index contributed by atoms with van der Waals surface area (Å²) in [6.07, 6.45) is 16.6. The average Bonchev–Trinajstić information content (AvgIpc) is 1.29. The number of hydrogen-bond acceptors (Lipinski definition) is 25. The molecular weight excluding hydrogens is 1540 g/mol. The number of nitrogens with two attached hydrogens (primary N) is 7. The summed E-state index contributed by atoms with van der Waals surface area (Å²) < 4.78 is 0. The van der Waals surface area contributed by atoms with Gasteiger partial charge in [0.1, 0.15) is 44.8 Å². The quantitative estimate of drug-likeness (QED) is 0.0271. The molecule has 8 fully saturated rings. The molecule has 8 saturated carbocycles. The van der Waals surface area contributed by atoms with Crippen molar-refractivity contribution in [3.63, 3.8) is 0 Å². The molecule has 0 spiro atoms. The topological polar surface area (TPSA) is 602 Å². The third kappa shape index (κ3) is 34.2. The number of guanidine groups is 1. The molecule has 0 aromatic heterocycles. The van der Waals surface area contributed by atoms with Crippen molar-refractivity contribution in [1.82, 2.24) is 5.32 Å². The minimum atomic E-state index is -1.36. The highest BCUT2D eigenvalue weighted by Gasteiger charge is 2.60. The first kappa shape index (κ1) is 113. The van der Waals surface area contributed by atoms with Gasteiger partial charge in [0.05, 0.1) is 59.4 Å². The summed E-state index contributed by atoms with van der Waals surface area (Å²) in [6, 6.07) is -1.42. The molecule has 0 aromatic rings. The first-order chi connectivity index (χ1) is 54.4. The SMILES string of the molecule is C.C=C(N)NC1CCC(O)(C(=O)C(C)C)C1.CC(=N)CC1CC(O)(C(=O)C(C)C)C1.CC(=N)CC1CCC(O)(C(=O)C(C)C)CC1.CC(C)C(=O)C1(O)CCCC1N=C(N)N.CC(N)=NC1CC1(O)C(=O)C(C)C.CC(N)=NC1CCC1(O)C(=O)C(C)C.CC(N)=NC1CCCC(O)(C(=O)C(C)C)C1.CC(N)=NC1CCCCC1(O)C(=O)C(C)C. The number of amidine groups is 4. The van der Waals surface area contributed by atoms with E-state index >= 15 is 0 Å². The second-order valence-electron chi connectivity index (χ2n) is 37.6. The molecule has 25 N–H and O–H groups in total. The first-order valence-corrected chi connectivity index (χ1v) is 43.1. The van der Waals surface area contributed by atoms with E-state index < -0.39 is 50.9 Å². The number of carbonyl (C=O) groups excluding carboxylic acids is 8. The van der Waals surface area contributed by atoms with Crippen LogP contribution in [-0.2, 0) is 38.4 Å². The Morgan fingerprint density at radius 2 is 0.667 bits per heavy atom. The van der Waals surface area contributed by atoms with Gasteiger partial charge in [-0.3, -0.25) is 58.3 Å². The Hall–Kier alpha value is -7.13. The van der Waals surface area contributed by atoms with E-state index in [9.17, 15) is 79.2 Å². The third-order valence-corrected chi connectivity index (χ3v) is 23.1. The van der Waals surface area contributed by atoms with Crippen LogP contribution in [0.3, 0.4) is 0 Å². The van der Waals surface area contributed by atoms with Gasteiger partial charge < -0.3 is 97.1 Å². The first-order valence-electron chi connectivity index (χ1n) is 43.1. The molecule has 690 valence electrons. The Kier molecular flexibility index (Phi) is 45.9. The molecule has 8 rings (SSSR count). The van der Waals surface area contributed by atoms with Gasteiger partial charge in [-0.25, -0.2) is 4.99 Å². The molecule has 8 aliphatic carbocycles. The van der Waals surface area contributed by atoms with E-state index in [0.29, 0.717) is 142 Å². The van der Waals surface area contributed by atoms with Crippen molar-refractivity contribution in [3.05, 3.63) is 12.4 Å². The predicted molar refractivity (Wildman–Crippen MR) is 478 cm³/mol. The predicted octanol–water partition coefficient (Wildman–Crippen LogP) is 8.36. The molecule has 8 aliphatic rings. The second-order valence-corrected chi connectivity index (χ2v) is 37.6. The Labute approximate surface area is 717 Å². The lowest BCUT2D eigenvalue weighted by Gasteiger charge is -2.43. The van der Waals surface area contributed by atoms with Crippen LogP contribution in [0.1, 0.15) is 320 Å². The van der Waals surface area contributed by atoms with Gasteiger partial charge in [-0.05, 0) is 188 Å². The van der Waals surface area contributed by atoms with Crippen LogP contribution in [-0.4, -0.2) is 209 Å². The monoisotopic (exact) mass is 1700 g/mol. The van der Waals surface area contributed by atoms with Gasteiger partial charge in [0.25, 0.3) is 0 Å². The number of nitrogens with zero attached hydrogens (tertiary/aromatic N) is 5. The zero-order valence-electron chi connectivity index (χ0n) is 76.2. The highest BCUT2D eigenvalue weighted by molar-refractivity contribution is 5.95. The van der Waals surface area contributed by atoms with Crippen LogP contribution in [0.2, 0.25) is 0 Å². The minimum absolute atomic E-state index is 0. The van der Waals surface area contributed by atoms with Crippen LogP contribution in [0.15, 0.2) is 37.4 Å². The maximum absolute atomic E-state index is 12.1. The standard InChI is InChI=1S/C13H23NO2.2C12H22N2O2.C11H20N2O2.C11H19NO2.C10H19N3O2.C10H18N2O2.C9H16N2O2.CH4/c1-9(2)12(15)13(16)6-4-11(5-7-13)8-10(3)14;1-8(2)11(15)12(16)6-4-5-10(7-12)14-9(3)13;1-8(2)11(15)12(16)7-5-4-6-10(12)14-9(3)13;1-7(2)10(14)11(15)5-4-9(6-11)13-8(3)12;1-7(2)10(13)11(14)5-9(6-11)4-8(3)12;1-6(2)8(14)10(15)5-3-4-7(10)13-9(11)12;1-6(2)9(13)10(14)5-4-8(10)12-7(3)11;1-5(2)8(12)9(13)4-7(9)11-6(3)10;/h9,11,14,16H,4-8H2,1-3H3;2*8,10,16H,4-7H2,1-3H3,(H2,13,14);7,9,13,15H,3-6,12H2,1-2H3;7,9,12,14H,4-6H2,1-3H3;6-7,15H,3-5H2,1-2H3,(H4,11,12,13);6,8,14H,4-5H2,1-3H3,(H2,11,12);5,7,13H,4H2,1-3H3,(H2,10,11);1H4. The fourth-order valence-corrected chi connectivity index (χ4v) is 16.9. The summed E-state index contributed by atoms with van der Waals surface area (Å²) >= 11 is 0. The highest BCUT2D eigenvalue weighted by Crippen LogP contribution is 2.45. The normalized spacial score (nSPS) is 31.3. The van der Waals surface area contributed by atoms with Gasteiger partial charge in [-0.15, -0.1) is 0 Å². The summed E-state index contributed by atoms with van der Waals surface area (Å²) in [5, 5.41) is 99.0. The summed E-state index contributed by atoms with van der Waals surface area (Å²) in [5.41, 5.74) is 29.5. The number of nitrogens with one attached hydrogen (secondary N) is 3. The van der Waals surface area contributed by atoms with Crippen LogP contribution < -0.4 is 45.5 Å². The Balaban J connectivity index is 0.00000135. The summed E-state index contributed by atoms with van der Waals surface area (Å²) in [6.45, 7) is 42.7. The lowest BCUT2D eigenvalue weighted by molar-refractivity contribution is -0.155. The van der Waals surface area contributed by atoms with E-state index in [0.717, 1.165) is 70.6 Å². The lowest BCUT2D eigenvalue weighted by Crippen LogP contribution is -2.58. The van der Waals surface area contributed by atoms with Gasteiger partial charge in [0.2, 0.25) is 0 Å². The summed E-state index contributed by atoms with van der Waals surface area (Å²) in [4.78, 5) is 115. The van der Waals surface area contributed by atoms with Crippen molar-refractivity contribution < 1.29 is 79.2 Å². The average molecular weight is 1700 g/mol. The van der Waals surface area contributed by atoms with Crippen molar-refractivity contribution in [2.24, 2.45) is 124 Å². The van der Waals surface area contributed by atoms with E-state index in [4.69, 9.17) is 51.0 Å². The molecule has 0 heterocycles. The van der Waals surface area contributed by atoms with Gasteiger partial charge >= 0.3 is 0 Å². The van der Waals surface area contributed by atoms with E-state index in [2.05, 4.69) is 36.9 Å². The largest absolute Gasteiger partial charge is 0.388 e. The lowest BCUT2D eigenvalue weighted by atomic mass is 9.65. The molecule has 12 atom stereocenters. The number of hydrogen-bond donors (Lipinski definition) is 18. The van der Waals surface area contributed by atoms with Crippen LogP contribution in [0, 0.1) is 70.0 Å². The van der Waals surface area contributed by atoms with Crippen molar-refractivity contribution in [3.8, 4) is 0 Å². The van der Waals surface area contributed by atoms with E-state index in [1.807, 2.05) is 76.2 Å². The van der Waals surface area contributed by atoms with Crippen LogP contribution >= 0.6 is 0 Å².